The predicted octanol–water partition coefficient (Wildman–Crippen LogP) is 9.99. The summed E-state index contributed by atoms with van der Waals surface area (Å²) < 4.78 is 0. The molecule has 40 heavy (non-hydrogen) atoms. The summed E-state index contributed by atoms with van der Waals surface area (Å²) in [5.41, 5.74) is 12.1. The zero-order chi connectivity index (χ0) is 27.1. The lowest BCUT2D eigenvalue weighted by atomic mass is 9.86. The minimum atomic E-state index is 0.889. The van der Waals surface area contributed by atoms with Crippen LogP contribution < -0.4 is 0 Å². The minimum absolute atomic E-state index is 0.889. The van der Waals surface area contributed by atoms with Gasteiger partial charge in [0.05, 0.1) is 0 Å². The number of carbonyl (C=O) groups excluding carboxylic acids is 1. The van der Waals surface area contributed by atoms with Crippen LogP contribution in [0.2, 0.25) is 0 Å². The Bertz CT molecular complexity index is 1630. The van der Waals surface area contributed by atoms with Gasteiger partial charge in [-0.1, -0.05) is 158 Å². The molecule has 6 aromatic rings. The summed E-state index contributed by atoms with van der Waals surface area (Å²) in [4.78, 5) is 12.0. The minimum Gasteiger partial charge on any atom is -0.299 e. The van der Waals surface area contributed by atoms with Crippen LogP contribution >= 0.6 is 0 Å². The van der Waals surface area contributed by atoms with Gasteiger partial charge >= 0.3 is 0 Å². The standard InChI is InChI=1S/C39H28O/c40-28-27-39(37-17-9-7-15-35(37)33-23-19-31(20-24-33)29-11-3-1-4-12-29)38-18-10-8-16-36(38)34-25-21-32(22-26-34)30-13-5-2-6-14-30/h1-28H. The molecule has 6 aromatic carbocycles. The van der Waals surface area contributed by atoms with Gasteiger partial charge in [0.25, 0.3) is 0 Å². The molecule has 0 aromatic heterocycles. The van der Waals surface area contributed by atoms with Gasteiger partial charge in [0.15, 0.2) is 0 Å². The lowest BCUT2D eigenvalue weighted by Crippen LogP contribution is -1.96. The van der Waals surface area contributed by atoms with Crippen LogP contribution in [-0.2, 0) is 4.79 Å². The summed E-state index contributed by atoms with van der Waals surface area (Å²) >= 11 is 0. The highest BCUT2D eigenvalue weighted by Crippen LogP contribution is 2.38. The fourth-order valence-corrected chi connectivity index (χ4v) is 5.28. The van der Waals surface area contributed by atoms with E-state index in [1.54, 1.807) is 6.08 Å². The van der Waals surface area contributed by atoms with Crippen LogP contribution in [0.3, 0.4) is 0 Å². The molecule has 6 rings (SSSR count). The van der Waals surface area contributed by atoms with E-state index in [0.29, 0.717) is 0 Å². The van der Waals surface area contributed by atoms with Crippen molar-refractivity contribution < 1.29 is 4.79 Å². The normalized spacial score (nSPS) is 10.6. The van der Waals surface area contributed by atoms with Crippen LogP contribution in [0.5, 0.6) is 0 Å². The number of benzene rings is 6. The molecule has 0 aliphatic heterocycles. The van der Waals surface area contributed by atoms with E-state index in [2.05, 4.69) is 133 Å². The number of hydrogen-bond donors (Lipinski definition) is 0. The summed E-state index contributed by atoms with van der Waals surface area (Å²) in [6.45, 7) is 0. The molecule has 0 fully saturated rings. The number of carbonyl (C=O) groups is 1. The summed E-state index contributed by atoms with van der Waals surface area (Å²) in [6, 6.07) is 54.7. The van der Waals surface area contributed by atoms with Gasteiger partial charge in [0, 0.05) is 0 Å². The lowest BCUT2D eigenvalue weighted by Gasteiger charge is -2.17. The van der Waals surface area contributed by atoms with Crippen LogP contribution in [0, 0.1) is 0 Å². The van der Waals surface area contributed by atoms with Gasteiger partial charge in [0.2, 0.25) is 0 Å². The largest absolute Gasteiger partial charge is 0.299 e. The van der Waals surface area contributed by atoms with Crippen LogP contribution in [-0.4, -0.2) is 6.29 Å². The fraction of sp³-hybridized carbons (Fsp3) is 0. The van der Waals surface area contributed by atoms with Gasteiger partial charge in [-0.05, 0) is 67.3 Å². The van der Waals surface area contributed by atoms with Crippen molar-refractivity contribution in [1.29, 1.82) is 0 Å². The predicted molar refractivity (Wildman–Crippen MR) is 168 cm³/mol. The van der Waals surface area contributed by atoms with Crippen molar-refractivity contribution in [3.63, 3.8) is 0 Å². The average Bonchev–Trinajstić information content (AvgIpc) is 3.05. The second-order valence-corrected chi connectivity index (χ2v) is 9.69. The topological polar surface area (TPSA) is 17.1 Å². The average molecular weight is 513 g/mol. The quantitative estimate of drug-likeness (QED) is 0.154. The van der Waals surface area contributed by atoms with E-state index >= 15 is 0 Å². The maximum Gasteiger partial charge on any atom is 0.143 e. The number of allylic oxidation sites excluding steroid dienone is 1. The molecule has 0 unspecified atom stereocenters. The monoisotopic (exact) mass is 512 g/mol. The van der Waals surface area contributed by atoms with E-state index in [0.717, 1.165) is 45.2 Å². The van der Waals surface area contributed by atoms with Crippen molar-refractivity contribution in [2.45, 2.75) is 0 Å². The van der Waals surface area contributed by atoms with Crippen molar-refractivity contribution in [1.82, 2.24) is 0 Å². The van der Waals surface area contributed by atoms with E-state index in [9.17, 15) is 4.79 Å². The van der Waals surface area contributed by atoms with Crippen LogP contribution in [0.25, 0.3) is 50.1 Å². The van der Waals surface area contributed by atoms with Crippen LogP contribution in [0.15, 0.2) is 164 Å². The number of aldehydes is 1. The van der Waals surface area contributed by atoms with Crippen molar-refractivity contribution in [2.75, 3.05) is 0 Å². The Hall–Kier alpha value is -5.27. The van der Waals surface area contributed by atoms with Gasteiger partial charge in [0.1, 0.15) is 6.29 Å². The van der Waals surface area contributed by atoms with E-state index in [1.807, 2.05) is 24.3 Å². The molecule has 0 saturated carbocycles. The summed E-state index contributed by atoms with van der Waals surface area (Å²) in [5.74, 6) is 0. The van der Waals surface area contributed by atoms with Crippen LogP contribution in [0.4, 0.5) is 0 Å². The third-order valence-corrected chi connectivity index (χ3v) is 7.28. The fourth-order valence-electron chi connectivity index (χ4n) is 5.28. The maximum atomic E-state index is 12.0. The molecule has 0 bridgehead atoms. The molecule has 1 heteroatoms. The lowest BCUT2D eigenvalue weighted by molar-refractivity contribution is -0.104. The zero-order valence-electron chi connectivity index (χ0n) is 22.1. The van der Waals surface area contributed by atoms with Crippen LogP contribution in [0.1, 0.15) is 11.1 Å². The van der Waals surface area contributed by atoms with E-state index in [-0.39, 0.29) is 0 Å². The van der Waals surface area contributed by atoms with Gasteiger partial charge in [-0.25, -0.2) is 0 Å². The van der Waals surface area contributed by atoms with Gasteiger partial charge < -0.3 is 0 Å². The Morgan fingerprint density at radius 3 is 1.07 bits per heavy atom. The second-order valence-electron chi connectivity index (χ2n) is 9.69. The smallest absolute Gasteiger partial charge is 0.143 e. The third kappa shape index (κ3) is 5.18. The van der Waals surface area contributed by atoms with Gasteiger partial charge in [-0.15, -0.1) is 0 Å². The molecule has 0 N–H and O–H groups in total. The Morgan fingerprint density at radius 1 is 0.350 bits per heavy atom. The van der Waals surface area contributed by atoms with E-state index in [1.165, 1.54) is 22.3 Å². The van der Waals surface area contributed by atoms with Crippen molar-refractivity contribution in [3.8, 4) is 44.5 Å². The Labute approximate surface area is 235 Å². The van der Waals surface area contributed by atoms with Crippen molar-refractivity contribution in [3.05, 3.63) is 175 Å². The molecule has 0 aliphatic rings. The molecular weight excluding hydrogens is 484 g/mol. The molecule has 190 valence electrons. The van der Waals surface area contributed by atoms with Gasteiger partial charge in [-0.3, -0.25) is 4.79 Å². The first-order valence-corrected chi connectivity index (χ1v) is 13.5. The molecule has 0 spiro atoms. The summed E-state index contributed by atoms with van der Waals surface area (Å²) in [6.07, 6.45) is 2.58. The maximum absolute atomic E-state index is 12.0. The van der Waals surface area contributed by atoms with Gasteiger partial charge in [-0.2, -0.15) is 0 Å². The molecule has 0 saturated heterocycles. The Morgan fingerprint density at radius 2 is 0.675 bits per heavy atom. The van der Waals surface area contributed by atoms with Crippen molar-refractivity contribution >= 4 is 11.9 Å². The molecule has 0 aliphatic carbocycles. The first kappa shape index (κ1) is 25.0. The molecular formula is C39H28O. The highest BCUT2D eigenvalue weighted by molar-refractivity contribution is 5.98. The Balaban J connectivity index is 1.40. The number of rotatable bonds is 7. The van der Waals surface area contributed by atoms with E-state index in [4.69, 9.17) is 0 Å². The first-order chi connectivity index (χ1) is 19.8. The third-order valence-electron chi connectivity index (χ3n) is 7.28. The molecule has 0 heterocycles. The highest BCUT2D eigenvalue weighted by Gasteiger charge is 2.15. The van der Waals surface area contributed by atoms with E-state index < -0.39 is 0 Å². The molecule has 0 amide bonds. The van der Waals surface area contributed by atoms with Crippen molar-refractivity contribution in [2.24, 2.45) is 0 Å². The second kappa shape index (κ2) is 11.6. The zero-order valence-corrected chi connectivity index (χ0v) is 22.1. The SMILES string of the molecule is O=CC=C(c1ccccc1-c1ccc(-c2ccccc2)cc1)c1ccccc1-c1ccc(-c2ccccc2)cc1. The Kier molecular flexibility index (Phi) is 7.28. The summed E-state index contributed by atoms with van der Waals surface area (Å²) in [5, 5.41) is 0. The first-order valence-electron chi connectivity index (χ1n) is 13.5. The molecule has 0 radical (unpaired) electrons. The molecule has 0 atom stereocenters. The number of hydrogen-bond acceptors (Lipinski definition) is 1. The molecule has 1 nitrogen and oxygen atoms in total. The highest BCUT2D eigenvalue weighted by atomic mass is 16.1. The summed E-state index contributed by atoms with van der Waals surface area (Å²) in [7, 11) is 0.